The predicted molar refractivity (Wildman–Crippen MR) is 67.3 cm³/mol. The highest BCUT2D eigenvalue weighted by Gasteiger charge is 2.60. The highest BCUT2D eigenvalue weighted by Crippen LogP contribution is 2.39. The zero-order chi connectivity index (χ0) is 15.1. The Kier molecular flexibility index (Phi) is 2.98. The summed E-state index contributed by atoms with van der Waals surface area (Å²) in [6.45, 7) is 0. The van der Waals surface area contributed by atoms with E-state index >= 15 is 0 Å². The number of halogens is 3. The van der Waals surface area contributed by atoms with Crippen molar-refractivity contribution in [1.82, 2.24) is 10.2 Å². The van der Waals surface area contributed by atoms with Crippen molar-refractivity contribution in [3.8, 4) is 11.3 Å². The highest BCUT2D eigenvalue weighted by atomic mass is 19.4. The number of alkyl halides is 3. The molecule has 1 aromatic heterocycles. The maximum Gasteiger partial charge on any atom is 0.458 e. The number of aromatic amines is 1. The molecule has 1 aliphatic rings. The van der Waals surface area contributed by atoms with E-state index in [0.29, 0.717) is 5.56 Å². The van der Waals surface area contributed by atoms with Crippen LogP contribution in [0.1, 0.15) is 12.0 Å². The first-order chi connectivity index (χ1) is 9.89. The monoisotopic (exact) mass is 297 g/mol. The molecular formula is C13H10F3N3O2. The molecule has 8 heteroatoms. The van der Waals surface area contributed by atoms with Crippen LogP contribution in [0.25, 0.3) is 11.3 Å². The number of aromatic nitrogens is 2. The number of oxime groups is 1. The Morgan fingerprint density at radius 1 is 1.14 bits per heavy atom. The summed E-state index contributed by atoms with van der Waals surface area (Å²) < 4.78 is 37.9. The van der Waals surface area contributed by atoms with Crippen LogP contribution >= 0.6 is 0 Å². The van der Waals surface area contributed by atoms with Gasteiger partial charge < -0.3 is 9.94 Å². The van der Waals surface area contributed by atoms with E-state index in [4.69, 9.17) is 0 Å². The van der Waals surface area contributed by atoms with Crippen molar-refractivity contribution >= 4 is 5.71 Å². The zero-order valence-corrected chi connectivity index (χ0v) is 10.6. The van der Waals surface area contributed by atoms with E-state index in [0.717, 1.165) is 11.3 Å². The number of nitrogens with zero attached hydrogens (tertiary/aromatic N) is 2. The Bertz CT molecular complexity index is 665. The molecule has 2 aromatic rings. The van der Waals surface area contributed by atoms with Gasteiger partial charge in [0, 0.05) is 11.8 Å². The lowest BCUT2D eigenvalue weighted by Crippen LogP contribution is -2.45. The van der Waals surface area contributed by atoms with Crippen molar-refractivity contribution in [3.63, 3.8) is 0 Å². The molecule has 0 bridgehead atoms. The second-order valence-corrected chi connectivity index (χ2v) is 4.63. The van der Waals surface area contributed by atoms with Gasteiger partial charge in [0.2, 0.25) is 0 Å². The van der Waals surface area contributed by atoms with Gasteiger partial charge in [0.05, 0.1) is 17.8 Å². The SMILES string of the molecule is OC1(C(F)(F)F)CC(c2ccc(-c3cc[nH]n3)cc2)=NO1. The Morgan fingerprint density at radius 3 is 2.33 bits per heavy atom. The third-order valence-electron chi connectivity index (χ3n) is 3.17. The fraction of sp³-hybridized carbons (Fsp3) is 0.231. The van der Waals surface area contributed by atoms with Crippen molar-refractivity contribution in [3.05, 3.63) is 42.1 Å². The van der Waals surface area contributed by atoms with Crippen LogP contribution in [0.15, 0.2) is 41.7 Å². The van der Waals surface area contributed by atoms with Gasteiger partial charge in [-0.3, -0.25) is 5.10 Å². The van der Waals surface area contributed by atoms with E-state index in [-0.39, 0.29) is 5.71 Å². The fourth-order valence-corrected chi connectivity index (χ4v) is 1.98. The van der Waals surface area contributed by atoms with Crippen LogP contribution < -0.4 is 0 Å². The van der Waals surface area contributed by atoms with Gasteiger partial charge in [-0.25, -0.2) is 0 Å². The Morgan fingerprint density at radius 2 is 1.81 bits per heavy atom. The summed E-state index contributed by atoms with van der Waals surface area (Å²) in [7, 11) is 0. The largest absolute Gasteiger partial charge is 0.458 e. The number of nitrogens with one attached hydrogen (secondary N) is 1. The Balaban J connectivity index is 1.80. The number of H-pyrrole nitrogens is 1. The minimum Gasteiger partial charge on any atom is -0.350 e. The molecule has 3 rings (SSSR count). The van der Waals surface area contributed by atoms with Crippen molar-refractivity contribution in [2.45, 2.75) is 18.4 Å². The molecular weight excluding hydrogens is 287 g/mol. The summed E-state index contributed by atoms with van der Waals surface area (Å²) in [5.41, 5.74) is 2.03. The van der Waals surface area contributed by atoms with E-state index in [1.165, 1.54) is 0 Å². The average Bonchev–Trinajstić information content (AvgIpc) is 3.08. The number of hydrogen-bond donors (Lipinski definition) is 2. The minimum atomic E-state index is -4.90. The summed E-state index contributed by atoms with van der Waals surface area (Å²) in [6, 6.07) is 8.40. The molecule has 21 heavy (non-hydrogen) atoms. The molecule has 1 aromatic carbocycles. The lowest BCUT2D eigenvalue weighted by Gasteiger charge is -2.22. The molecule has 0 fully saturated rings. The minimum absolute atomic E-state index is 0.0448. The molecule has 1 aliphatic heterocycles. The van der Waals surface area contributed by atoms with Crippen LogP contribution in [0.3, 0.4) is 0 Å². The second kappa shape index (κ2) is 4.59. The first-order valence-corrected chi connectivity index (χ1v) is 6.04. The molecule has 0 radical (unpaired) electrons. The van der Waals surface area contributed by atoms with Gasteiger partial charge in [-0.1, -0.05) is 29.4 Å². The van der Waals surface area contributed by atoms with Gasteiger partial charge >= 0.3 is 12.0 Å². The number of rotatable bonds is 2. The summed E-state index contributed by atoms with van der Waals surface area (Å²) >= 11 is 0. The maximum atomic E-state index is 12.6. The van der Waals surface area contributed by atoms with E-state index in [1.54, 1.807) is 36.5 Å². The quantitative estimate of drug-likeness (QED) is 0.894. The molecule has 1 unspecified atom stereocenters. The number of benzene rings is 1. The Hall–Kier alpha value is -2.35. The normalized spacial score (nSPS) is 22.0. The first-order valence-electron chi connectivity index (χ1n) is 6.04. The van der Waals surface area contributed by atoms with Crippen LogP contribution in [0.5, 0.6) is 0 Å². The topological polar surface area (TPSA) is 70.5 Å². The van der Waals surface area contributed by atoms with Gasteiger partial charge in [-0.2, -0.15) is 18.3 Å². The Labute approximate surface area is 117 Å². The lowest BCUT2D eigenvalue weighted by atomic mass is 10.0. The van der Waals surface area contributed by atoms with Gasteiger partial charge in [-0.05, 0) is 11.6 Å². The lowest BCUT2D eigenvalue weighted by molar-refractivity contribution is -0.355. The second-order valence-electron chi connectivity index (χ2n) is 4.63. The first kappa shape index (κ1) is 13.6. The van der Waals surface area contributed by atoms with Crippen molar-refractivity contribution in [1.29, 1.82) is 0 Å². The van der Waals surface area contributed by atoms with Crippen molar-refractivity contribution in [2.75, 3.05) is 0 Å². The number of hydrogen-bond acceptors (Lipinski definition) is 4. The fourth-order valence-electron chi connectivity index (χ4n) is 1.98. The molecule has 110 valence electrons. The molecule has 2 N–H and O–H groups in total. The number of aliphatic hydroxyl groups is 1. The van der Waals surface area contributed by atoms with Crippen molar-refractivity contribution in [2.24, 2.45) is 5.16 Å². The van der Waals surface area contributed by atoms with Gasteiger partial charge in [0.25, 0.3) is 0 Å². The standard InChI is InChI=1S/C13H10F3N3O2/c14-13(15,16)12(20)7-11(19-21-12)9-3-1-8(2-4-9)10-5-6-17-18-10/h1-6,20H,7H2,(H,17,18). The molecule has 0 spiro atoms. The third-order valence-corrected chi connectivity index (χ3v) is 3.17. The molecule has 0 saturated heterocycles. The van der Waals surface area contributed by atoms with Crippen LogP contribution in [0, 0.1) is 0 Å². The van der Waals surface area contributed by atoms with Crippen LogP contribution in [-0.4, -0.2) is 33.0 Å². The maximum absolute atomic E-state index is 12.6. The molecule has 0 saturated carbocycles. The zero-order valence-electron chi connectivity index (χ0n) is 10.6. The summed E-state index contributed by atoms with van der Waals surface area (Å²) in [5.74, 6) is -3.25. The molecule has 5 nitrogen and oxygen atoms in total. The van der Waals surface area contributed by atoms with Crippen LogP contribution in [0.4, 0.5) is 13.2 Å². The highest BCUT2D eigenvalue weighted by molar-refractivity contribution is 6.01. The average molecular weight is 297 g/mol. The molecule has 1 atom stereocenters. The van der Waals surface area contributed by atoms with E-state index in [2.05, 4.69) is 20.2 Å². The van der Waals surface area contributed by atoms with Gasteiger partial charge in [0.1, 0.15) is 0 Å². The van der Waals surface area contributed by atoms with Crippen LogP contribution in [-0.2, 0) is 4.84 Å². The molecule has 2 heterocycles. The summed E-state index contributed by atoms with van der Waals surface area (Å²) in [5, 5.41) is 19.4. The predicted octanol–water partition coefficient (Wildman–Crippen LogP) is 2.45. The third kappa shape index (κ3) is 2.38. The smallest absolute Gasteiger partial charge is 0.350 e. The summed E-state index contributed by atoms with van der Waals surface area (Å²) in [4.78, 5) is 4.18. The van der Waals surface area contributed by atoms with Crippen LogP contribution in [0.2, 0.25) is 0 Å². The molecule has 0 amide bonds. The van der Waals surface area contributed by atoms with Crippen molar-refractivity contribution < 1.29 is 23.1 Å². The van der Waals surface area contributed by atoms with E-state index in [1.807, 2.05) is 0 Å². The summed E-state index contributed by atoms with van der Waals surface area (Å²) in [6.07, 6.45) is -3.97. The van der Waals surface area contributed by atoms with Gasteiger partial charge in [0.15, 0.2) is 0 Å². The van der Waals surface area contributed by atoms with Gasteiger partial charge in [-0.15, -0.1) is 0 Å². The van der Waals surface area contributed by atoms with E-state index in [9.17, 15) is 18.3 Å². The van der Waals surface area contributed by atoms with E-state index < -0.39 is 18.4 Å². The molecule has 0 aliphatic carbocycles.